The monoisotopic (exact) mass is 269 g/mol. The molecular formula is C17H35NO. The van der Waals surface area contributed by atoms with Crippen molar-refractivity contribution in [2.75, 3.05) is 19.8 Å². The molecule has 0 bridgehead atoms. The molecule has 1 fully saturated rings. The van der Waals surface area contributed by atoms with E-state index in [-0.39, 0.29) is 0 Å². The molecule has 1 unspecified atom stereocenters. The van der Waals surface area contributed by atoms with Gasteiger partial charge in [0.2, 0.25) is 0 Å². The van der Waals surface area contributed by atoms with Crippen LogP contribution in [-0.4, -0.2) is 25.8 Å². The molecule has 0 aromatic rings. The highest BCUT2D eigenvalue weighted by Gasteiger charge is 2.24. The van der Waals surface area contributed by atoms with E-state index in [1.54, 1.807) is 0 Å². The van der Waals surface area contributed by atoms with Gasteiger partial charge in [0.05, 0.1) is 0 Å². The predicted molar refractivity (Wildman–Crippen MR) is 83.5 cm³/mol. The van der Waals surface area contributed by atoms with Crippen LogP contribution in [0.25, 0.3) is 0 Å². The molecule has 0 spiro atoms. The highest BCUT2D eigenvalue weighted by molar-refractivity contribution is 4.77. The van der Waals surface area contributed by atoms with Gasteiger partial charge in [-0.05, 0) is 37.1 Å². The van der Waals surface area contributed by atoms with Crippen molar-refractivity contribution in [3.8, 4) is 0 Å². The smallest absolute Gasteiger partial charge is 0.0469 e. The summed E-state index contributed by atoms with van der Waals surface area (Å²) in [6.45, 7) is 12.1. The van der Waals surface area contributed by atoms with Gasteiger partial charge in [-0.15, -0.1) is 0 Å². The summed E-state index contributed by atoms with van der Waals surface area (Å²) in [4.78, 5) is 0. The van der Waals surface area contributed by atoms with E-state index in [1.165, 1.54) is 45.1 Å². The molecule has 0 aromatic heterocycles. The van der Waals surface area contributed by atoms with Gasteiger partial charge in [-0.25, -0.2) is 0 Å². The van der Waals surface area contributed by atoms with Gasteiger partial charge in [-0.1, -0.05) is 53.4 Å². The van der Waals surface area contributed by atoms with Crippen molar-refractivity contribution in [2.24, 2.45) is 17.8 Å². The Bertz CT molecular complexity index is 209. The van der Waals surface area contributed by atoms with E-state index in [9.17, 15) is 0 Å². The second-order valence-electron chi connectivity index (χ2n) is 6.95. The summed E-state index contributed by atoms with van der Waals surface area (Å²) in [6, 6.07) is 0.603. The van der Waals surface area contributed by atoms with E-state index in [1.807, 2.05) is 0 Å². The molecule has 1 saturated carbocycles. The number of rotatable bonds is 10. The zero-order valence-electron chi connectivity index (χ0n) is 13.6. The van der Waals surface area contributed by atoms with Gasteiger partial charge < -0.3 is 10.1 Å². The van der Waals surface area contributed by atoms with Crippen LogP contribution in [0.15, 0.2) is 0 Å². The van der Waals surface area contributed by atoms with Gasteiger partial charge in [-0.2, -0.15) is 0 Å². The maximum atomic E-state index is 5.81. The Kier molecular flexibility index (Phi) is 8.72. The summed E-state index contributed by atoms with van der Waals surface area (Å²) in [7, 11) is 0. The Hall–Kier alpha value is -0.0800. The lowest BCUT2D eigenvalue weighted by atomic mass is 9.88. The molecule has 2 heteroatoms. The Morgan fingerprint density at radius 1 is 1.00 bits per heavy atom. The topological polar surface area (TPSA) is 21.3 Å². The van der Waals surface area contributed by atoms with Crippen molar-refractivity contribution in [3.63, 3.8) is 0 Å². The van der Waals surface area contributed by atoms with E-state index in [4.69, 9.17) is 4.74 Å². The van der Waals surface area contributed by atoms with Crippen molar-refractivity contribution in [3.05, 3.63) is 0 Å². The summed E-state index contributed by atoms with van der Waals surface area (Å²) < 4.78 is 5.81. The van der Waals surface area contributed by atoms with Crippen molar-refractivity contribution in [2.45, 2.75) is 72.3 Å². The third kappa shape index (κ3) is 7.94. The molecule has 0 aromatic carbocycles. The third-order valence-corrected chi connectivity index (χ3v) is 4.33. The molecule has 1 atom stereocenters. The van der Waals surface area contributed by atoms with E-state index in [0.29, 0.717) is 6.04 Å². The van der Waals surface area contributed by atoms with Gasteiger partial charge in [0.15, 0.2) is 0 Å². The maximum Gasteiger partial charge on any atom is 0.0469 e. The van der Waals surface area contributed by atoms with Crippen LogP contribution in [0.3, 0.4) is 0 Å². The Morgan fingerprint density at radius 2 is 1.63 bits per heavy atom. The number of hydrogen-bond donors (Lipinski definition) is 1. The Morgan fingerprint density at radius 3 is 2.21 bits per heavy atom. The predicted octanol–water partition coefficient (Wildman–Crippen LogP) is 4.24. The second kappa shape index (κ2) is 9.77. The first-order valence-electron chi connectivity index (χ1n) is 8.40. The van der Waals surface area contributed by atoms with Crippen LogP contribution in [0.4, 0.5) is 0 Å². The Labute approximate surface area is 120 Å². The van der Waals surface area contributed by atoms with E-state index >= 15 is 0 Å². The number of hydrogen-bond acceptors (Lipinski definition) is 2. The van der Waals surface area contributed by atoms with Crippen LogP contribution in [0.1, 0.15) is 66.2 Å². The zero-order chi connectivity index (χ0) is 14.1. The summed E-state index contributed by atoms with van der Waals surface area (Å²) in [5, 5.41) is 3.63. The molecule has 1 rings (SSSR count). The quantitative estimate of drug-likeness (QED) is 0.599. The minimum Gasteiger partial charge on any atom is -0.381 e. The molecule has 1 aliphatic carbocycles. The second-order valence-corrected chi connectivity index (χ2v) is 6.95. The van der Waals surface area contributed by atoms with Crippen molar-refractivity contribution < 1.29 is 4.74 Å². The normalized spacial score (nSPS) is 18.6. The Balaban J connectivity index is 2.20. The molecule has 1 aliphatic rings. The van der Waals surface area contributed by atoms with Crippen LogP contribution in [-0.2, 0) is 4.74 Å². The van der Waals surface area contributed by atoms with Crippen molar-refractivity contribution in [1.82, 2.24) is 5.32 Å². The van der Waals surface area contributed by atoms with E-state index < -0.39 is 0 Å². The summed E-state index contributed by atoms with van der Waals surface area (Å²) in [6.07, 6.45) is 8.20. The van der Waals surface area contributed by atoms with Gasteiger partial charge in [0.1, 0.15) is 0 Å². The van der Waals surface area contributed by atoms with Crippen LogP contribution in [0, 0.1) is 17.8 Å². The maximum absolute atomic E-state index is 5.81. The van der Waals surface area contributed by atoms with Gasteiger partial charge >= 0.3 is 0 Å². The molecule has 2 nitrogen and oxygen atoms in total. The lowest BCUT2D eigenvalue weighted by molar-refractivity contribution is 0.101. The average Bonchev–Trinajstić information content (AvgIpc) is 2.85. The van der Waals surface area contributed by atoms with Gasteiger partial charge in [0, 0.05) is 19.3 Å². The lowest BCUT2D eigenvalue weighted by Gasteiger charge is -2.25. The highest BCUT2D eigenvalue weighted by atomic mass is 16.5. The molecule has 1 N–H and O–H groups in total. The van der Waals surface area contributed by atoms with Crippen LogP contribution in [0.2, 0.25) is 0 Å². The summed E-state index contributed by atoms with van der Waals surface area (Å²) in [5.41, 5.74) is 0. The van der Waals surface area contributed by atoms with Gasteiger partial charge in [-0.3, -0.25) is 0 Å². The molecule has 0 aliphatic heterocycles. The van der Waals surface area contributed by atoms with Crippen LogP contribution >= 0.6 is 0 Å². The fourth-order valence-corrected chi connectivity index (χ4v) is 2.98. The summed E-state index contributed by atoms with van der Waals surface area (Å²) >= 11 is 0. The van der Waals surface area contributed by atoms with Crippen molar-refractivity contribution in [1.29, 1.82) is 0 Å². The largest absolute Gasteiger partial charge is 0.381 e. The standard InChI is InChI=1S/C17H35NO/c1-14(2)9-11-19-12-10-17(13-18-15(3)4)16-7-5-6-8-16/h14-18H,5-13H2,1-4H3. The molecule has 114 valence electrons. The minimum absolute atomic E-state index is 0.603. The first kappa shape index (κ1) is 17.0. The molecule has 0 amide bonds. The first-order valence-corrected chi connectivity index (χ1v) is 8.40. The van der Waals surface area contributed by atoms with E-state index in [2.05, 4.69) is 33.0 Å². The van der Waals surface area contributed by atoms with Crippen LogP contribution < -0.4 is 5.32 Å². The molecule has 0 radical (unpaired) electrons. The lowest BCUT2D eigenvalue weighted by Crippen LogP contribution is -2.32. The molecule has 0 heterocycles. The average molecular weight is 269 g/mol. The van der Waals surface area contributed by atoms with E-state index in [0.717, 1.165) is 31.0 Å². The zero-order valence-corrected chi connectivity index (χ0v) is 13.6. The SMILES string of the molecule is CC(C)CCOCCC(CNC(C)C)C1CCCC1. The molecule has 0 saturated heterocycles. The van der Waals surface area contributed by atoms with Crippen molar-refractivity contribution >= 4 is 0 Å². The minimum atomic E-state index is 0.603. The number of nitrogens with one attached hydrogen (secondary N) is 1. The highest BCUT2D eigenvalue weighted by Crippen LogP contribution is 2.32. The number of ether oxygens (including phenoxy) is 1. The summed E-state index contributed by atoms with van der Waals surface area (Å²) in [5.74, 6) is 2.53. The first-order chi connectivity index (χ1) is 9.09. The molecular weight excluding hydrogens is 234 g/mol. The fraction of sp³-hybridized carbons (Fsp3) is 1.00. The molecule has 19 heavy (non-hydrogen) atoms. The fourth-order valence-electron chi connectivity index (χ4n) is 2.98. The third-order valence-electron chi connectivity index (χ3n) is 4.33. The van der Waals surface area contributed by atoms with Crippen LogP contribution in [0.5, 0.6) is 0 Å². The van der Waals surface area contributed by atoms with Gasteiger partial charge in [0.25, 0.3) is 0 Å².